The molecule has 2 rings (SSSR count). The van der Waals surface area contributed by atoms with Crippen LogP contribution in [-0.2, 0) is 6.54 Å². The van der Waals surface area contributed by atoms with E-state index in [2.05, 4.69) is 15.9 Å². The summed E-state index contributed by atoms with van der Waals surface area (Å²) in [6, 6.07) is 11.4. The average molecular weight is 384 g/mol. The van der Waals surface area contributed by atoms with E-state index in [1.165, 1.54) is 23.1 Å². The summed E-state index contributed by atoms with van der Waals surface area (Å²) in [5.74, 6) is -0.447. The first-order valence-corrected chi connectivity index (χ1v) is 7.49. The number of carbonyl (C=O) groups excluding carboxylic acids is 1. The minimum atomic E-state index is -0.586. The quantitative estimate of drug-likeness (QED) is 0.584. The number of nitro benzene ring substituents is 1. The smallest absolute Gasteiger partial charge is 0.282 e. The van der Waals surface area contributed by atoms with Crippen molar-refractivity contribution >= 4 is 39.1 Å². The van der Waals surface area contributed by atoms with E-state index in [1.54, 1.807) is 7.05 Å². The van der Waals surface area contributed by atoms with Gasteiger partial charge in [0, 0.05) is 29.2 Å². The van der Waals surface area contributed by atoms with Gasteiger partial charge in [-0.25, -0.2) is 0 Å². The van der Waals surface area contributed by atoms with Gasteiger partial charge in [-0.1, -0.05) is 39.7 Å². The molecule has 5 nitrogen and oxygen atoms in total. The van der Waals surface area contributed by atoms with Gasteiger partial charge in [-0.05, 0) is 29.8 Å². The van der Waals surface area contributed by atoms with E-state index in [-0.39, 0.29) is 16.3 Å². The Balaban J connectivity index is 2.25. The molecule has 0 aliphatic rings. The fraction of sp³-hybridized carbons (Fsp3) is 0.133. The van der Waals surface area contributed by atoms with Crippen molar-refractivity contribution in [3.8, 4) is 0 Å². The van der Waals surface area contributed by atoms with E-state index >= 15 is 0 Å². The molecule has 0 radical (unpaired) electrons. The van der Waals surface area contributed by atoms with Crippen LogP contribution in [0.25, 0.3) is 0 Å². The van der Waals surface area contributed by atoms with Crippen molar-refractivity contribution in [2.24, 2.45) is 0 Å². The second-order valence-corrected chi connectivity index (χ2v) is 6.06. The van der Waals surface area contributed by atoms with Gasteiger partial charge in [0.25, 0.3) is 11.6 Å². The summed E-state index contributed by atoms with van der Waals surface area (Å²) in [6.07, 6.45) is 0. The van der Waals surface area contributed by atoms with Gasteiger partial charge in [-0.3, -0.25) is 14.9 Å². The fourth-order valence-electron chi connectivity index (χ4n) is 1.98. The minimum absolute atomic E-state index is 0.0166. The average Bonchev–Trinajstić information content (AvgIpc) is 2.48. The minimum Gasteiger partial charge on any atom is -0.337 e. The SMILES string of the molecule is CN(Cc1ccc(Br)cc1)C(=O)c1cc(Cl)ccc1[N+](=O)[O-]. The lowest BCUT2D eigenvalue weighted by Gasteiger charge is -2.17. The van der Waals surface area contributed by atoms with Crippen LogP contribution in [0, 0.1) is 10.1 Å². The lowest BCUT2D eigenvalue weighted by atomic mass is 10.1. The molecule has 0 unspecified atom stereocenters. The Hall–Kier alpha value is -1.92. The first-order chi connectivity index (χ1) is 10.4. The molecule has 0 aliphatic heterocycles. The highest BCUT2D eigenvalue weighted by Crippen LogP contribution is 2.24. The molecule has 22 heavy (non-hydrogen) atoms. The summed E-state index contributed by atoms with van der Waals surface area (Å²) < 4.78 is 0.940. The molecule has 0 heterocycles. The summed E-state index contributed by atoms with van der Waals surface area (Å²) in [4.78, 5) is 24.3. The topological polar surface area (TPSA) is 63.5 Å². The molecule has 2 aromatic carbocycles. The van der Waals surface area contributed by atoms with Crippen LogP contribution < -0.4 is 0 Å². The monoisotopic (exact) mass is 382 g/mol. The zero-order valence-corrected chi connectivity index (χ0v) is 14.0. The highest BCUT2D eigenvalue weighted by molar-refractivity contribution is 9.10. The third kappa shape index (κ3) is 3.84. The number of hydrogen-bond acceptors (Lipinski definition) is 3. The second-order valence-electron chi connectivity index (χ2n) is 4.71. The molecule has 0 aliphatic carbocycles. The van der Waals surface area contributed by atoms with Crippen LogP contribution >= 0.6 is 27.5 Å². The molecule has 0 atom stereocenters. The lowest BCUT2D eigenvalue weighted by molar-refractivity contribution is -0.385. The summed E-state index contributed by atoms with van der Waals surface area (Å²) >= 11 is 9.19. The van der Waals surface area contributed by atoms with E-state index in [0.29, 0.717) is 6.54 Å². The fourth-order valence-corrected chi connectivity index (χ4v) is 2.42. The Kier molecular flexibility index (Phi) is 5.15. The molecular weight excluding hydrogens is 372 g/mol. The zero-order valence-electron chi connectivity index (χ0n) is 11.6. The second kappa shape index (κ2) is 6.89. The highest BCUT2D eigenvalue weighted by atomic mass is 79.9. The largest absolute Gasteiger partial charge is 0.337 e. The number of nitro groups is 1. The molecule has 2 aromatic rings. The molecule has 7 heteroatoms. The molecule has 0 aromatic heterocycles. The summed E-state index contributed by atoms with van der Waals surface area (Å²) in [5.41, 5.74) is 0.651. The molecule has 114 valence electrons. The van der Waals surface area contributed by atoms with Gasteiger partial charge < -0.3 is 4.90 Å². The molecule has 0 saturated carbocycles. The van der Waals surface area contributed by atoms with Crippen LogP contribution in [-0.4, -0.2) is 22.8 Å². The Labute approximate surface area is 140 Å². The summed E-state index contributed by atoms with van der Waals surface area (Å²) in [6.45, 7) is 0.343. The maximum absolute atomic E-state index is 12.4. The standard InChI is InChI=1S/C15H12BrClN2O3/c1-18(9-10-2-4-11(16)5-3-10)15(20)13-8-12(17)6-7-14(13)19(21)22/h2-8H,9H2,1H3. The number of rotatable bonds is 4. The van der Waals surface area contributed by atoms with Gasteiger partial charge in [0.1, 0.15) is 5.56 Å². The Bertz CT molecular complexity index is 719. The summed E-state index contributed by atoms with van der Waals surface area (Å²) in [7, 11) is 1.59. The normalized spacial score (nSPS) is 10.3. The number of benzene rings is 2. The van der Waals surface area contributed by atoms with E-state index in [4.69, 9.17) is 11.6 Å². The predicted octanol–water partition coefficient (Wildman–Crippen LogP) is 4.28. The van der Waals surface area contributed by atoms with Gasteiger partial charge >= 0.3 is 0 Å². The maximum atomic E-state index is 12.4. The highest BCUT2D eigenvalue weighted by Gasteiger charge is 2.23. The Morgan fingerprint density at radius 2 is 1.91 bits per heavy atom. The van der Waals surface area contributed by atoms with Gasteiger partial charge in [0.05, 0.1) is 4.92 Å². The molecule has 1 amide bonds. The van der Waals surface area contributed by atoms with Gasteiger partial charge in [-0.15, -0.1) is 0 Å². The number of hydrogen-bond donors (Lipinski definition) is 0. The number of carbonyl (C=O) groups is 1. The molecule has 0 fully saturated rings. The van der Waals surface area contributed by atoms with E-state index in [1.807, 2.05) is 24.3 Å². The maximum Gasteiger partial charge on any atom is 0.282 e. The third-order valence-electron chi connectivity index (χ3n) is 3.07. The predicted molar refractivity (Wildman–Crippen MR) is 88.0 cm³/mol. The number of halogens is 2. The molecule has 0 N–H and O–H groups in total. The van der Waals surface area contributed by atoms with Crippen LogP contribution in [0.5, 0.6) is 0 Å². The van der Waals surface area contributed by atoms with Crippen molar-refractivity contribution in [2.75, 3.05) is 7.05 Å². The third-order valence-corrected chi connectivity index (χ3v) is 3.83. The first kappa shape index (κ1) is 16.5. The zero-order chi connectivity index (χ0) is 16.3. The van der Waals surface area contributed by atoms with Crippen LogP contribution in [0.4, 0.5) is 5.69 Å². The van der Waals surface area contributed by atoms with Crippen molar-refractivity contribution in [3.05, 3.63) is 73.2 Å². The van der Waals surface area contributed by atoms with Crippen LogP contribution in [0.2, 0.25) is 5.02 Å². The molecule has 0 bridgehead atoms. The van der Waals surface area contributed by atoms with Crippen molar-refractivity contribution in [2.45, 2.75) is 6.54 Å². The first-order valence-electron chi connectivity index (χ1n) is 6.32. The molecular formula is C15H12BrClN2O3. The molecule has 0 saturated heterocycles. The van der Waals surface area contributed by atoms with Crippen LogP contribution in [0.1, 0.15) is 15.9 Å². The van der Waals surface area contributed by atoms with Gasteiger partial charge in [-0.2, -0.15) is 0 Å². The van der Waals surface area contributed by atoms with Gasteiger partial charge in [0.2, 0.25) is 0 Å². The number of nitrogens with zero attached hydrogens (tertiary/aromatic N) is 2. The van der Waals surface area contributed by atoms with Crippen LogP contribution in [0.3, 0.4) is 0 Å². The van der Waals surface area contributed by atoms with Crippen molar-refractivity contribution in [1.29, 1.82) is 0 Å². The van der Waals surface area contributed by atoms with Crippen molar-refractivity contribution < 1.29 is 9.72 Å². The van der Waals surface area contributed by atoms with E-state index in [9.17, 15) is 14.9 Å². The van der Waals surface area contributed by atoms with E-state index in [0.717, 1.165) is 10.0 Å². The lowest BCUT2D eigenvalue weighted by Crippen LogP contribution is -2.26. The van der Waals surface area contributed by atoms with Crippen molar-refractivity contribution in [1.82, 2.24) is 4.90 Å². The van der Waals surface area contributed by atoms with Gasteiger partial charge in [0.15, 0.2) is 0 Å². The Morgan fingerprint density at radius 1 is 1.27 bits per heavy atom. The van der Waals surface area contributed by atoms with Crippen LogP contribution in [0.15, 0.2) is 46.9 Å². The van der Waals surface area contributed by atoms with E-state index < -0.39 is 10.8 Å². The summed E-state index contributed by atoms with van der Waals surface area (Å²) in [5, 5.41) is 11.3. The Morgan fingerprint density at radius 3 is 2.50 bits per heavy atom. The molecule has 0 spiro atoms. The number of amides is 1. The van der Waals surface area contributed by atoms with Crippen molar-refractivity contribution in [3.63, 3.8) is 0 Å².